The molecule has 2 aromatic rings. The molecule has 0 aliphatic carbocycles. The molecular formula is C19H26IN3O2. The summed E-state index contributed by atoms with van der Waals surface area (Å²) < 4.78 is 10.6. The minimum atomic E-state index is 0. The van der Waals surface area contributed by atoms with E-state index in [0.717, 1.165) is 28.6 Å². The van der Waals surface area contributed by atoms with E-state index in [0.29, 0.717) is 13.1 Å². The third kappa shape index (κ3) is 6.81. The summed E-state index contributed by atoms with van der Waals surface area (Å²) in [5.41, 5.74) is 3.45. The zero-order valence-electron chi connectivity index (χ0n) is 15.1. The Morgan fingerprint density at radius 2 is 1.56 bits per heavy atom. The standard InChI is InChI=1S/C19H25N3O2.HI/c1-14-8-16(11-18(9-14)24-4)13-22-19(20-2)21-12-15-6-5-7-17(10-15)23-3;/h5-11H,12-13H2,1-4H3,(H2,20,21,22);1H. The molecule has 6 heteroatoms. The van der Waals surface area contributed by atoms with E-state index in [-0.39, 0.29) is 24.0 Å². The topological polar surface area (TPSA) is 54.9 Å². The molecule has 0 amide bonds. The zero-order valence-corrected chi connectivity index (χ0v) is 17.5. The van der Waals surface area contributed by atoms with E-state index < -0.39 is 0 Å². The van der Waals surface area contributed by atoms with E-state index in [2.05, 4.69) is 28.6 Å². The first kappa shape index (κ1) is 21.1. The van der Waals surface area contributed by atoms with Gasteiger partial charge >= 0.3 is 0 Å². The number of hydrogen-bond donors (Lipinski definition) is 2. The van der Waals surface area contributed by atoms with Crippen molar-refractivity contribution >= 4 is 29.9 Å². The van der Waals surface area contributed by atoms with Gasteiger partial charge in [-0.25, -0.2) is 0 Å². The number of rotatable bonds is 6. The third-order valence-electron chi connectivity index (χ3n) is 3.62. The Morgan fingerprint density at radius 3 is 2.20 bits per heavy atom. The highest BCUT2D eigenvalue weighted by atomic mass is 127. The molecule has 0 spiro atoms. The molecule has 0 fully saturated rings. The summed E-state index contributed by atoms with van der Waals surface area (Å²) in [4.78, 5) is 4.26. The van der Waals surface area contributed by atoms with Crippen LogP contribution in [0.25, 0.3) is 0 Å². The molecule has 0 aromatic heterocycles. The maximum absolute atomic E-state index is 5.31. The lowest BCUT2D eigenvalue weighted by Crippen LogP contribution is -2.36. The summed E-state index contributed by atoms with van der Waals surface area (Å²) in [6.07, 6.45) is 0. The van der Waals surface area contributed by atoms with Gasteiger partial charge in [0.2, 0.25) is 0 Å². The SMILES string of the molecule is CN=C(NCc1cccc(OC)c1)NCc1cc(C)cc(OC)c1.I. The van der Waals surface area contributed by atoms with Crippen LogP contribution in [0, 0.1) is 6.92 Å². The molecule has 2 aromatic carbocycles. The van der Waals surface area contributed by atoms with Crippen LogP contribution in [0.2, 0.25) is 0 Å². The van der Waals surface area contributed by atoms with Gasteiger partial charge in [-0.3, -0.25) is 4.99 Å². The van der Waals surface area contributed by atoms with Crippen LogP contribution in [0.4, 0.5) is 0 Å². The van der Waals surface area contributed by atoms with Gasteiger partial charge in [0, 0.05) is 20.1 Å². The van der Waals surface area contributed by atoms with Gasteiger partial charge in [0.1, 0.15) is 11.5 Å². The number of nitrogens with one attached hydrogen (secondary N) is 2. The molecule has 0 radical (unpaired) electrons. The molecule has 136 valence electrons. The number of benzene rings is 2. The van der Waals surface area contributed by atoms with Crippen molar-refractivity contribution in [3.05, 3.63) is 59.2 Å². The second-order valence-electron chi connectivity index (χ2n) is 5.49. The summed E-state index contributed by atoms with van der Waals surface area (Å²) >= 11 is 0. The predicted octanol–water partition coefficient (Wildman–Crippen LogP) is 3.50. The molecule has 0 unspecified atom stereocenters. The predicted molar refractivity (Wildman–Crippen MR) is 113 cm³/mol. The summed E-state index contributed by atoms with van der Waals surface area (Å²) in [6.45, 7) is 3.41. The highest BCUT2D eigenvalue weighted by molar-refractivity contribution is 14.0. The number of hydrogen-bond acceptors (Lipinski definition) is 3. The number of nitrogens with zero attached hydrogens (tertiary/aromatic N) is 1. The van der Waals surface area contributed by atoms with Gasteiger partial charge in [0.25, 0.3) is 0 Å². The molecule has 0 heterocycles. The Kier molecular flexibility index (Phi) is 9.12. The van der Waals surface area contributed by atoms with Crippen molar-refractivity contribution in [1.82, 2.24) is 10.6 Å². The lowest BCUT2D eigenvalue weighted by atomic mass is 10.1. The van der Waals surface area contributed by atoms with Crippen LogP contribution in [0.1, 0.15) is 16.7 Å². The van der Waals surface area contributed by atoms with E-state index in [9.17, 15) is 0 Å². The Morgan fingerprint density at radius 1 is 0.920 bits per heavy atom. The molecule has 0 atom stereocenters. The van der Waals surface area contributed by atoms with Crippen LogP contribution >= 0.6 is 24.0 Å². The molecule has 5 nitrogen and oxygen atoms in total. The third-order valence-corrected chi connectivity index (χ3v) is 3.62. The van der Waals surface area contributed by atoms with Crippen LogP contribution in [-0.4, -0.2) is 27.2 Å². The Labute approximate surface area is 166 Å². The molecule has 0 bridgehead atoms. The molecule has 0 saturated carbocycles. The zero-order chi connectivity index (χ0) is 17.4. The van der Waals surface area contributed by atoms with Gasteiger partial charge in [0.15, 0.2) is 5.96 Å². The number of halogens is 1. The molecule has 2 rings (SSSR count). The Hall–Kier alpha value is -1.96. The van der Waals surface area contributed by atoms with Gasteiger partial charge in [-0.15, -0.1) is 24.0 Å². The van der Waals surface area contributed by atoms with Crippen molar-refractivity contribution in [3.63, 3.8) is 0 Å². The smallest absolute Gasteiger partial charge is 0.191 e. The lowest BCUT2D eigenvalue weighted by Gasteiger charge is -2.13. The van der Waals surface area contributed by atoms with Gasteiger partial charge in [-0.1, -0.05) is 18.2 Å². The largest absolute Gasteiger partial charge is 0.497 e. The van der Waals surface area contributed by atoms with Crippen molar-refractivity contribution in [1.29, 1.82) is 0 Å². The van der Waals surface area contributed by atoms with Crippen molar-refractivity contribution in [2.45, 2.75) is 20.0 Å². The second kappa shape index (κ2) is 10.8. The van der Waals surface area contributed by atoms with Crippen molar-refractivity contribution in [2.75, 3.05) is 21.3 Å². The van der Waals surface area contributed by atoms with Gasteiger partial charge in [-0.05, 0) is 47.9 Å². The maximum atomic E-state index is 5.31. The van der Waals surface area contributed by atoms with Crippen molar-refractivity contribution in [2.24, 2.45) is 4.99 Å². The van der Waals surface area contributed by atoms with Crippen LogP contribution in [0.5, 0.6) is 11.5 Å². The fourth-order valence-electron chi connectivity index (χ4n) is 2.42. The van der Waals surface area contributed by atoms with E-state index in [4.69, 9.17) is 9.47 Å². The summed E-state index contributed by atoms with van der Waals surface area (Å²) in [5.74, 6) is 2.47. The molecule has 2 N–H and O–H groups in total. The molecular weight excluding hydrogens is 429 g/mol. The van der Waals surface area contributed by atoms with Gasteiger partial charge < -0.3 is 20.1 Å². The fraction of sp³-hybridized carbons (Fsp3) is 0.316. The summed E-state index contributed by atoms with van der Waals surface area (Å²) in [6, 6.07) is 14.1. The number of aryl methyl sites for hydroxylation is 1. The Bertz CT molecular complexity index is 705. The quantitative estimate of drug-likeness (QED) is 0.398. The second-order valence-corrected chi connectivity index (χ2v) is 5.49. The molecule has 0 aliphatic heterocycles. The number of ether oxygens (including phenoxy) is 2. The number of guanidine groups is 1. The first-order valence-electron chi connectivity index (χ1n) is 7.86. The van der Waals surface area contributed by atoms with E-state index >= 15 is 0 Å². The lowest BCUT2D eigenvalue weighted by molar-refractivity contribution is 0.414. The van der Waals surface area contributed by atoms with E-state index in [1.807, 2.05) is 36.4 Å². The summed E-state index contributed by atoms with van der Waals surface area (Å²) in [5, 5.41) is 6.62. The van der Waals surface area contributed by atoms with Gasteiger partial charge in [-0.2, -0.15) is 0 Å². The van der Waals surface area contributed by atoms with Crippen molar-refractivity contribution in [3.8, 4) is 11.5 Å². The minimum Gasteiger partial charge on any atom is -0.497 e. The van der Waals surface area contributed by atoms with Crippen LogP contribution < -0.4 is 20.1 Å². The number of aliphatic imine (C=N–C) groups is 1. The first-order chi connectivity index (χ1) is 11.6. The average Bonchev–Trinajstić information content (AvgIpc) is 2.61. The normalized spacial score (nSPS) is 10.6. The maximum Gasteiger partial charge on any atom is 0.191 e. The Balaban J connectivity index is 0.00000312. The highest BCUT2D eigenvalue weighted by Crippen LogP contribution is 2.16. The van der Waals surface area contributed by atoms with Gasteiger partial charge in [0.05, 0.1) is 14.2 Å². The van der Waals surface area contributed by atoms with Crippen LogP contribution in [-0.2, 0) is 13.1 Å². The molecule has 0 saturated heterocycles. The average molecular weight is 455 g/mol. The highest BCUT2D eigenvalue weighted by Gasteiger charge is 2.02. The van der Waals surface area contributed by atoms with Crippen molar-refractivity contribution < 1.29 is 9.47 Å². The molecule has 25 heavy (non-hydrogen) atoms. The van der Waals surface area contributed by atoms with Crippen LogP contribution in [0.15, 0.2) is 47.5 Å². The molecule has 0 aliphatic rings. The van der Waals surface area contributed by atoms with E-state index in [1.165, 1.54) is 5.56 Å². The van der Waals surface area contributed by atoms with E-state index in [1.54, 1.807) is 21.3 Å². The minimum absolute atomic E-state index is 0. The first-order valence-corrected chi connectivity index (χ1v) is 7.86. The van der Waals surface area contributed by atoms with Crippen LogP contribution in [0.3, 0.4) is 0 Å². The fourth-order valence-corrected chi connectivity index (χ4v) is 2.42. The number of methoxy groups -OCH3 is 2. The monoisotopic (exact) mass is 455 g/mol. The summed E-state index contributed by atoms with van der Waals surface area (Å²) in [7, 11) is 5.11.